The summed E-state index contributed by atoms with van der Waals surface area (Å²) in [5, 5.41) is 2.26. The SMILES string of the molecule is Cc1c(NS(=O)(=O)c2cc(C(=O)OCC(=O)Nc3ccc(Cl)cn3)c(Cl)cc2Cl)c(=O)n(-c2ccccc2)n1C. The number of hydrogen-bond donors (Lipinski definition) is 2. The van der Waals surface area contributed by atoms with Gasteiger partial charge in [-0.15, -0.1) is 0 Å². The Kier molecular flexibility index (Phi) is 8.54. The van der Waals surface area contributed by atoms with Crippen LogP contribution in [0.2, 0.25) is 15.1 Å². The topological polar surface area (TPSA) is 141 Å². The molecule has 2 aromatic heterocycles. The van der Waals surface area contributed by atoms with Crippen molar-refractivity contribution in [3.63, 3.8) is 0 Å². The van der Waals surface area contributed by atoms with Gasteiger partial charge in [-0.3, -0.25) is 19.0 Å². The lowest BCUT2D eigenvalue weighted by Crippen LogP contribution is -2.24. The summed E-state index contributed by atoms with van der Waals surface area (Å²) in [5.74, 6) is -1.62. The Labute approximate surface area is 243 Å². The van der Waals surface area contributed by atoms with Crippen LogP contribution in [0.25, 0.3) is 5.69 Å². The smallest absolute Gasteiger partial charge is 0.340 e. The van der Waals surface area contributed by atoms with Crippen LogP contribution in [0.4, 0.5) is 11.5 Å². The van der Waals surface area contributed by atoms with Gasteiger partial charge in [0.05, 0.1) is 32.0 Å². The normalized spacial score (nSPS) is 11.2. The number of ether oxygens (including phenoxy) is 1. The van der Waals surface area contributed by atoms with Crippen LogP contribution in [0.1, 0.15) is 16.1 Å². The maximum atomic E-state index is 13.3. The summed E-state index contributed by atoms with van der Waals surface area (Å²) in [6, 6.07) is 13.6. The van der Waals surface area contributed by atoms with E-state index in [1.54, 1.807) is 44.3 Å². The number of benzene rings is 2. The molecule has 40 heavy (non-hydrogen) atoms. The summed E-state index contributed by atoms with van der Waals surface area (Å²) >= 11 is 18.1. The van der Waals surface area contributed by atoms with Gasteiger partial charge in [-0.05, 0) is 43.3 Å². The Balaban J connectivity index is 1.57. The summed E-state index contributed by atoms with van der Waals surface area (Å²) in [5.41, 5.74) is -0.359. The third kappa shape index (κ3) is 6.15. The van der Waals surface area contributed by atoms with E-state index in [1.165, 1.54) is 27.7 Å². The number of hydrogen-bond acceptors (Lipinski definition) is 7. The number of pyridine rings is 1. The molecule has 0 saturated carbocycles. The number of aromatic nitrogens is 3. The highest BCUT2D eigenvalue weighted by Crippen LogP contribution is 2.31. The highest BCUT2D eigenvalue weighted by molar-refractivity contribution is 7.92. The number of carbonyl (C=O) groups is 2. The molecule has 0 aliphatic carbocycles. The van der Waals surface area contributed by atoms with Crippen molar-refractivity contribution in [2.75, 3.05) is 16.6 Å². The van der Waals surface area contributed by atoms with E-state index in [1.807, 2.05) is 0 Å². The number of anilines is 2. The minimum absolute atomic E-state index is 0.178. The van der Waals surface area contributed by atoms with Crippen LogP contribution in [0.5, 0.6) is 0 Å². The molecule has 1 amide bonds. The maximum Gasteiger partial charge on any atom is 0.340 e. The number of nitrogens with one attached hydrogen (secondary N) is 2. The van der Waals surface area contributed by atoms with E-state index in [2.05, 4.69) is 15.0 Å². The molecule has 0 radical (unpaired) electrons. The van der Waals surface area contributed by atoms with Gasteiger partial charge in [0.2, 0.25) is 0 Å². The van der Waals surface area contributed by atoms with Crippen LogP contribution in [-0.2, 0) is 26.6 Å². The van der Waals surface area contributed by atoms with Crippen molar-refractivity contribution in [3.8, 4) is 5.69 Å². The molecule has 0 aliphatic rings. The highest BCUT2D eigenvalue weighted by atomic mass is 35.5. The van der Waals surface area contributed by atoms with Crippen LogP contribution >= 0.6 is 34.8 Å². The number of para-hydroxylation sites is 1. The first kappa shape index (κ1) is 29.2. The average Bonchev–Trinajstić information content (AvgIpc) is 3.11. The number of amides is 1. The van der Waals surface area contributed by atoms with Crippen molar-refractivity contribution in [1.82, 2.24) is 14.3 Å². The minimum Gasteiger partial charge on any atom is -0.452 e. The fourth-order valence-electron chi connectivity index (χ4n) is 3.60. The second-order valence-electron chi connectivity index (χ2n) is 8.29. The second kappa shape index (κ2) is 11.7. The van der Waals surface area contributed by atoms with Gasteiger partial charge in [0, 0.05) is 13.2 Å². The van der Waals surface area contributed by atoms with E-state index in [0.29, 0.717) is 16.4 Å². The number of rotatable bonds is 8. The largest absolute Gasteiger partial charge is 0.452 e. The molecular weight excluding hydrogens is 605 g/mol. The molecule has 2 aromatic carbocycles. The van der Waals surface area contributed by atoms with Gasteiger partial charge in [0.1, 0.15) is 16.4 Å². The number of nitrogens with zero attached hydrogens (tertiary/aromatic N) is 3. The fourth-order valence-corrected chi connectivity index (χ4v) is 5.68. The van der Waals surface area contributed by atoms with Crippen molar-refractivity contribution in [2.45, 2.75) is 11.8 Å². The van der Waals surface area contributed by atoms with Crippen LogP contribution < -0.4 is 15.6 Å². The first-order valence-corrected chi connectivity index (χ1v) is 13.9. The monoisotopic (exact) mass is 623 g/mol. The van der Waals surface area contributed by atoms with Gasteiger partial charge in [-0.1, -0.05) is 53.0 Å². The molecule has 0 atom stereocenters. The summed E-state index contributed by atoms with van der Waals surface area (Å²) in [7, 11) is -2.90. The van der Waals surface area contributed by atoms with Gasteiger partial charge >= 0.3 is 5.97 Å². The number of esters is 1. The van der Waals surface area contributed by atoms with Gasteiger partial charge < -0.3 is 10.1 Å². The van der Waals surface area contributed by atoms with E-state index in [-0.39, 0.29) is 27.1 Å². The first-order chi connectivity index (χ1) is 18.9. The van der Waals surface area contributed by atoms with E-state index in [9.17, 15) is 22.8 Å². The lowest BCUT2D eigenvalue weighted by atomic mass is 10.2. The standard InChI is InChI=1S/C25H20Cl3N5O6S/c1-14-23(24(35)33(32(14)2)16-6-4-3-5-7-16)31-40(37,38)20-10-17(18(27)11-19(20)28)25(36)39-13-22(34)30-21-9-8-15(26)12-29-21/h3-12,31H,13H2,1-2H3,(H,29,30,34). The van der Waals surface area contributed by atoms with E-state index in [4.69, 9.17) is 39.5 Å². The zero-order valence-electron chi connectivity index (χ0n) is 20.8. The summed E-state index contributed by atoms with van der Waals surface area (Å²) in [6.07, 6.45) is 1.32. The Morgan fingerprint density at radius 3 is 2.38 bits per heavy atom. The zero-order valence-corrected chi connectivity index (χ0v) is 23.9. The summed E-state index contributed by atoms with van der Waals surface area (Å²) in [4.78, 5) is 41.4. The lowest BCUT2D eigenvalue weighted by molar-refractivity contribution is -0.119. The Morgan fingerprint density at radius 2 is 1.73 bits per heavy atom. The molecule has 0 fully saturated rings. The lowest BCUT2D eigenvalue weighted by Gasteiger charge is -2.12. The van der Waals surface area contributed by atoms with Crippen LogP contribution in [0.15, 0.2) is 70.5 Å². The molecule has 15 heteroatoms. The average molecular weight is 625 g/mol. The molecule has 0 spiro atoms. The Bertz CT molecular complexity index is 1770. The van der Waals surface area contributed by atoms with Crippen molar-refractivity contribution >= 4 is 68.2 Å². The van der Waals surface area contributed by atoms with Crippen LogP contribution in [0, 0.1) is 6.92 Å². The van der Waals surface area contributed by atoms with Crippen LogP contribution in [-0.4, -0.2) is 41.2 Å². The van der Waals surface area contributed by atoms with Crippen molar-refractivity contribution in [1.29, 1.82) is 0 Å². The van der Waals surface area contributed by atoms with Crippen molar-refractivity contribution in [3.05, 3.63) is 97.5 Å². The number of carbonyl (C=O) groups excluding carboxylic acids is 2. The third-order valence-corrected chi connectivity index (χ3v) is 8.00. The Morgan fingerprint density at radius 1 is 1.02 bits per heavy atom. The molecule has 4 rings (SSSR count). The van der Waals surface area contributed by atoms with Crippen molar-refractivity contribution < 1.29 is 22.7 Å². The van der Waals surface area contributed by atoms with E-state index >= 15 is 0 Å². The van der Waals surface area contributed by atoms with Gasteiger partial charge in [0.15, 0.2) is 6.61 Å². The highest BCUT2D eigenvalue weighted by Gasteiger charge is 2.27. The summed E-state index contributed by atoms with van der Waals surface area (Å²) in [6.45, 7) is 0.847. The van der Waals surface area contributed by atoms with Gasteiger partial charge in [0.25, 0.3) is 21.5 Å². The molecule has 4 aromatic rings. The molecule has 0 aliphatic heterocycles. The summed E-state index contributed by atoms with van der Waals surface area (Å²) < 4.78 is 36.7. The quantitative estimate of drug-likeness (QED) is 0.276. The second-order valence-corrected chi connectivity index (χ2v) is 11.2. The molecule has 2 N–H and O–H groups in total. The number of halogens is 3. The molecule has 0 saturated heterocycles. The first-order valence-electron chi connectivity index (χ1n) is 11.3. The van der Waals surface area contributed by atoms with Crippen LogP contribution in [0.3, 0.4) is 0 Å². The molecule has 208 valence electrons. The molecule has 11 nitrogen and oxygen atoms in total. The number of sulfonamides is 1. The molecule has 0 bridgehead atoms. The molecular formula is C25H20Cl3N5O6S. The van der Waals surface area contributed by atoms with Gasteiger partial charge in [-0.2, -0.15) is 0 Å². The van der Waals surface area contributed by atoms with Gasteiger partial charge in [-0.25, -0.2) is 22.9 Å². The fraction of sp³-hybridized carbons (Fsp3) is 0.120. The van der Waals surface area contributed by atoms with Crippen molar-refractivity contribution in [2.24, 2.45) is 7.05 Å². The Hall–Kier alpha value is -3.84. The minimum atomic E-state index is -4.50. The maximum absolute atomic E-state index is 13.3. The van der Waals surface area contributed by atoms with E-state index in [0.717, 1.165) is 12.1 Å². The molecule has 0 unspecified atom stereocenters. The predicted octanol–water partition coefficient (Wildman–Crippen LogP) is 4.44. The van der Waals surface area contributed by atoms with E-state index < -0.39 is 39.0 Å². The molecule has 2 heterocycles. The predicted molar refractivity (Wildman–Crippen MR) is 151 cm³/mol. The third-order valence-electron chi connectivity index (χ3n) is 5.65. The zero-order chi connectivity index (χ0) is 29.2.